The molecule has 82 valence electrons. The number of pyridine rings is 1. The molecule has 4 nitrogen and oxygen atoms in total. The minimum atomic E-state index is 0.583. The molecule has 0 saturated heterocycles. The fourth-order valence-electron chi connectivity index (χ4n) is 1.87. The third-order valence-corrected chi connectivity index (χ3v) is 2.90. The summed E-state index contributed by atoms with van der Waals surface area (Å²) in [4.78, 5) is 4.28. The number of nitrogens with zero attached hydrogens (tertiary/aromatic N) is 2. The first kappa shape index (κ1) is 9.81. The van der Waals surface area contributed by atoms with E-state index < -0.39 is 0 Å². The van der Waals surface area contributed by atoms with E-state index in [9.17, 15) is 0 Å². The molecule has 0 unspecified atom stereocenters. The Morgan fingerprint density at radius 1 is 1.38 bits per heavy atom. The van der Waals surface area contributed by atoms with Gasteiger partial charge in [-0.05, 0) is 18.6 Å². The Labute approximate surface area is 97.6 Å². The topological polar surface area (TPSA) is 50.8 Å². The number of H-pyrrole nitrogens is 1. The van der Waals surface area contributed by atoms with Crippen molar-refractivity contribution < 1.29 is 4.74 Å². The van der Waals surface area contributed by atoms with Gasteiger partial charge in [-0.3, -0.25) is 10.1 Å². The quantitative estimate of drug-likeness (QED) is 0.825. The Balaban J connectivity index is 2.06. The molecule has 2 aromatic heterocycles. The van der Waals surface area contributed by atoms with Crippen LogP contribution in [0.3, 0.4) is 0 Å². The molecule has 0 amide bonds. The molecule has 1 aliphatic rings. The van der Waals surface area contributed by atoms with Crippen molar-refractivity contribution in [2.24, 2.45) is 0 Å². The number of fused-ring (bicyclic) bond motifs is 1. The highest BCUT2D eigenvalue weighted by Crippen LogP contribution is 2.26. The zero-order valence-corrected chi connectivity index (χ0v) is 9.29. The van der Waals surface area contributed by atoms with E-state index >= 15 is 0 Å². The van der Waals surface area contributed by atoms with Gasteiger partial charge in [0.2, 0.25) is 0 Å². The van der Waals surface area contributed by atoms with Crippen LogP contribution in [0.2, 0.25) is 5.02 Å². The van der Waals surface area contributed by atoms with Crippen molar-refractivity contribution in [3.63, 3.8) is 0 Å². The Hall–Kier alpha value is -1.39. The van der Waals surface area contributed by atoms with Gasteiger partial charge in [-0.25, -0.2) is 0 Å². The minimum absolute atomic E-state index is 0.583. The maximum Gasteiger partial charge on any atom is 0.0919 e. The molecule has 0 bridgehead atoms. The van der Waals surface area contributed by atoms with Gasteiger partial charge >= 0.3 is 0 Å². The summed E-state index contributed by atoms with van der Waals surface area (Å²) < 4.78 is 5.34. The van der Waals surface area contributed by atoms with Crippen molar-refractivity contribution in [3.8, 4) is 11.4 Å². The molecule has 0 radical (unpaired) electrons. The lowest BCUT2D eigenvalue weighted by molar-refractivity contribution is 0.108. The van der Waals surface area contributed by atoms with Gasteiger partial charge in [0.25, 0.3) is 0 Å². The van der Waals surface area contributed by atoms with Gasteiger partial charge in [0, 0.05) is 11.8 Å². The van der Waals surface area contributed by atoms with E-state index in [4.69, 9.17) is 16.3 Å². The maximum atomic E-state index is 5.81. The van der Waals surface area contributed by atoms with Crippen LogP contribution >= 0.6 is 11.6 Å². The SMILES string of the molecule is Clc1ccc(-c2[nH]nc3c2CCOC3)nc1. The van der Waals surface area contributed by atoms with Crippen molar-refractivity contribution >= 4 is 11.6 Å². The van der Waals surface area contributed by atoms with Crippen LogP contribution in [0.5, 0.6) is 0 Å². The van der Waals surface area contributed by atoms with Crippen LogP contribution in [0.15, 0.2) is 18.3 Å². The molecule has 0 saturated carbocycles. The monoisotopic (exact) mass is 235 g/mol. The summed E-state index contributed by atoms with van der Waals surface area (Å²) in [6.45, 7) is 1.33. The third-order valence-electron chi connectivity index (χ3n) is 2.67. The number of nitrogens with one attached hydrogen (secondary N) is 1. The van der Waals surface area contributed by atoms with Crippen LogP contribution in [0.4, 0.5) is 0 Å². The van der Waals surface area contributed by atoms with Crippen molar-refractivity contribution in [3.05, 3.63) is 34.6 Å². The summed E-state index contributed by atoms with van der Waals surface area (Å²) in [6, 6.07) is 3.72. The number of aromatic amines is 1. The van der Waals surface area contributed by atoms with E-state index in [-0.39, 0.29) is 0 Å². The number of hydrogen-bond acceptors (Lipinski definition) is 3. The fraction of sp³-hybridized carbons (Fsp3) is 0.273. The van der Waals surface area contributed by atoms with Gasteiger partial charge < -0.3 is 4.74 Å². The van der Waals surface area contributed by atoms with Crippen LogP contribution in [-0.2, 0) is 17.8 Å². The largest absolute Gasteiger partial charge is 0.375 e. The van der Waals surface area contributed by atoms with Gasteiger partial charge in [0.05, 0.1) is 35.3 Å². The number of ether oxygens (including phenoxy) is 1. The van der Waals surface area contributed by atoms with E-state index in [0.717, 1.165) is 30.1 Å². The summed E-state index contributed by atoms with van der Waals surface area (Å²) in [5.74, 6) is 0. The summed E-state index contributed by atoms with van der Waals surface area (Å²) in [7, 11) is 0. The molecule has 0 aliphatic carbocycles. The first-order valence-corrected chi connectivity index (χ1v) is 5.48. The first-order valence-electron chi connectivity index (χ1n) is 5.10. The summed E-state index contributed by atoms with van der Waals surface area (Å²) in [6.07, 6.45) is 2.52. The molecule has 3 rings (SSSR count). The number of hydrogen-bond donors (Lipinski definition) is 1. The Morgan fingerprint density at radius 2 is 2.31 bits per heavy atom. The van der Waals surface area contributed by atoms with Crippen LogP contribution in [-0.4, -0.2) is 21.8 Å². The predicted molar refractivity (Wildman–Crippen MR) is 60.2 cm³/mol. The third kappa shape index (κ3) is 1.60. The second-order valence-corrected chi connectivity index (χ2v) is 4.12. The lowest BCUT2D eigenvalue weighted by Gasteiger charge is -2.11. The molecule has 1 N–H and O–H groups in total. The zero-order valence-electron chi connectivity index (χ0n) is 8.53. The molecule has 0 fully saturated rings. The summed E-state index contributed by atoms with van der Waals surface area (Å²) in [5.41, 5.74) is 4.05. The summed E-state index contributed by atoms with van der Waals surface area (Å²) >= 11 is 5.81. The van der Waals surface area contributed by atoms with Crippen molar-refractivity contribution in [1.82, 2.24) is 15.2 Å². The average Bonchev–Trinajstić information content (AvgIpc) is 2.74. The zero-order chi connectivity index (χ0) is 11.0. The van der Waals surface area contributed by atoms with E-state index in [2.05, 4.69) is 15.2 Å². The van der Waals surface area contributed by atoms with Gasteiger partial charge in [0.15, 0.2) is 0 Å². The highest BCUT2D eigenvalue weighted by Gasteiger charge is 2.18. The molecule has 0 atom stereocenters. The smallest absolute Gasteiger partial charge is 0.0919 e. The van der Waals surface area contributed by atoms with Crippen LogP contribution in [0.25, 0.3) is 11.4 Å². The Bertz CT molecular complexity index is 506. The highest BCUT2D eigenvalue weighted by molar-refractivity contribution is 6.30. The fourth-order valence-corrected chi connectivity index (χ4v) is 1.98. The van der Waals surface area contributed by atoms with Gasteiger partial charge in [-0.2, -0.15) is 5.10 Å². The molecule has 0 aromatic carbocycles. The minimum Gasteiger partial charge on any atom is -0.375 e. The standard InChI is InChI=1S/C11H10ClN3O/c12-7-1-2-9(13-5-7)11-8-3-4-16-6-10(8)14-15-11/h1-2,5H,3-4,6H2,(H,14,15). The lowest BCUT2D eigenvalue weighted by atomic mass is 10.1. The Kier molecular flexibility index (Phi) is 2.38. The van der Waals surface area contributed by atoms with Crippen LogP contribution in [0.1, 0.15) is 11.3 Å². The van der Waals surface area contributed by atoms with E-state index in [1.165, 1.54) is 5.56 Å². The molecular weight excluding hydrogens is 226 g/mol. The van der Waals surface area contributed by atoms with E-state index in [0.29, 0.717) is 11.6 Å². The molecule has 3 heterocycles. The molecule has 1 aliphatic heterocycles. The Morgan fingerprint density at radius 3 is 3.12 bits per heavy atom. The van der Waals surface area contributed by atoms with Crippen molar-refractivity contribution in [2.45, 2.75) is 13.0 Å². The molecule has 2 aromatic rings. The van der Waals surface area contributed by atoms with Gasteiger partial charge in [-0.15, -0.1) is 0 Å². The summed E-state index contributed by atoms with van der Waals surface area (Å²) in [5, 5.41) is 7.89. The molecular formula is C11H10ClN3O. The number of halogens is 1. The van der Waals surface area contributed by atoms with Crippen molar-refractivity contribution in [2.75, 3.05) is 6.61 Å². The van der Waals surface area contributed by atoms with E-state index in [1.807, 2.05) is 12.1 Å². The van der Waals surface area contributed by atoms with Crippen LogP contribution < -0.4 is 0 Å². The molecule has 16 heavy (non-hydrogen) atoms. The molecule has 0 spiro atoms. The predicted octanol–water partition coefficient (Wildman–Crippen LogP) is 2.20. The second-order valence-electron chi connectivity index (χ2n) is 3.69. The van der Waals surface area contributed by atoms with Gasteiger partial charge in [0.1, 0.15) is 0 Å². The second kappa shape index (κ2) is 3.88. The highest BCUT2D eigenvalue weighted by atomic mass is 35.5. The average molecular weight is 236 g/mol. The van der Waals surface area contributed by atoms with E-state index in [1.54, 1.807) is 6.20 Å². The molecule has 5 heteroatoms. The van der Waals surface area contributed by atoms with Crippen molar-refractivity contribution in [1.29, 1.82) is 0 Å². The lowest BCUT2D eigenvalue weighted by Crippen LogP contribution is -2.09. The first-order chi connectivity index (χ1) is 7.84. The van der Waals surface area contributed by atoms with Crippen LogP contribution in [0, 0.1) is 0 Å². The number of rotatable bonds is 1. The number of aromatic nitrogens is 3. The maximum absolute atomic E-state index is 5.81. The van der Waals surface area contributed by atoms with Gasteiger partial charge in [-0.1, -0.05) is 11.6 Å². The normalized spacial score (nSPS) is 14.8.